The van der Waals surface area contributed by atoms with Gasteiger partial charge < -0.3 is 10.6 Å². The number of nitrogens with zero attached hydrogens (tertiary/aromatic N) is 4. The quantitative estimate of drug-likeness (QED) is 0.340. The Kier molecular flexibility index (Phi) is 8.10. The first-order chi connectivity index (χ1) is 17.7. The molecule has 0 saturated heterocycles. The van der Waals surface area contributed by atoms with Crippen molar-refractivity contribution < 1.29 is 9.18 Å². The number of aromatic nitrogens is 3. The number of carbonyl (C=O) groups excluding carboxylic acids is 1. The number of fused-ring (bicyclic) bond motifs is 1. The van der Waals surface area contributed by atoms with Crippen LogP contribution in [-0.2, 0) is 6.54 Å². The first-order valence-corrected chi connectivity index (χ1v) is 12.7. The summed E-state index contributed by atoms with van der Waals surface area (Å²) < 4.78 is 16.6. The van der Waals surface area contributed by atoms with Gasteiger partial charge in [0.15, 0.2) is 0 Å². The minimum atomic E-state index is -0.489. The van der Waals surface area contributed by atoms with Crippen molar-refractivity contribution in [3.05, 3.63) is 105 Å². The predicted molar refractivity (Wildman–Crippen MR) is 143 cm³/mol. The van der Waals surface area contributed by atoms with Gasteiger partial charge in [0.25, 0.3) is 5.91 Å². The maximum atomic E-state index is 13.8. The van der Waals surface area contributed by atoms with Crippen LogP contribution in [-0.4, -0.2) is 38.1 Å². The van der Waals surface area contributed by atoms with Crippen molar-refractivity contribution in [1.82, 2.24) is 19.1 Å². The summed E-state index contributed by atoms with van der Waals surface area (Å²) in [5.74, 6) is -0.756. The van der Waals surface area contributed by atoms with Gasteiger partial charge in [-0.3, -0.25) is 9.36 Å². The summed E-state index contributed by atoms with van der Waals surface area (Å²) in [5.41, 5.74) is 8.46. The van der Waals surface area contributed by atoms with Gasteiger partial charge in [0.05, 0.1) is 28.8 Å². The fourth-order valence-electron chi connectivity index (χ4n) is 4.66. The lowest BCUT2D eigenvalue weighted by Gasteiger charge is -2.36. The lowest BCUT2D eigenvalue weighted by molar-refractivity contribution is 0.0609. The number of amides is 1. The van der Waals surface area contributed by atoms with Gasteiger partial charge in [0, 0.05) is 17.8 Å². The van der Waals surface area contributed by atoms with E-state index in [4.69, 9.17) is 17.3 Å². The topological polar surface area (TPSA) is 85.6 Å². The smallest absolute Gasteiger partial charge is 0.330 e. The second kappa shape index (κ2) is 11.3. The zero-order chi connectivity index (χ0) is 26.7. The van der Waals surface area contributed by atoms with Gasteiger partial charge in [-0.2, -0.15) is 9.61 Å². The monoisotopic (exact) mass is 523 g/mol. The molecule has 37 heavy (non-hydrogen) atoms. The van der Waals surface area contributed by atoms with Crippen LogP contribution in [0, 0.1) is 18.7 Å². The Hall–Kier alpha value is -3.49. The minimum absolute atomic E-state index is 0.0751. The SMILES string of the molecule is Cc1nn2c(=O)n(Cc3ccccc3)c([C@@H](C(C)C)N(CCCN)C(=O)c3ccc(F)cc3)cc2c1Cl. The maximum absolute atomic E-state index is 13.8. The summed E-state index contributed by atoms with van der Waals surface area (Å²) in [5, 5.41) is 4.76. The zero-order valence-electron chi connectivity index (χ0n) is 21.2. The number of hydrogen-bond acceptors (Lipinski definition) is 4. The highest BCUT2D eigenvalue weighted by molar-refractivity contribution is 6.34. The van der Waals surface area contributed by atoms with Crippen LogP contribution < -0.4 is 11.4 Å². The van der Waals surface area contributed by atoms with Crippen LogP contribution in [0.3, 0.4) is 0 Å². The van der Waals surface area contributed by atoms with Crippen LogP contribution in [0.5, 0.6) is 0 Å². The standard InChI is InChI=1S/C28H31ClFN5O2/c1-18(2)26(33(15-7-14-31)27(36)21-10-12-22(30)13-11-21)24-16-23-25(29)19(3)32-35(23)28(37)34(24)17-20-8-5-4-6-9-20/h4-6,8-13,16,18,26H,7,14-15,17,31H2,1-3H3/t26-/m1/s1. The first kappa shape index (κ1) is 26.6. The number of carbonyl (C=O) groups is 1. The largest absolute Gasteiger partial charge is 0.349 e. The highest BCUT2D eigenvalue weighted by Gasteiger charge is 2.32. The molecule has 1 atom stereocenters. The summed E-state index contributed by atoms with van der Waals surface area (Å²) in [6.45, 7) is 6.81. The van der Waals surface area contributed by atoms with E-state index in [9.17, 15) is 14.0 Å². The zero-order valence-corrected chi connectivity index (χ0v) is 22.0. The molecule has 0 saturated carbocycles. The van der Waals surface area contributed by atoms with E-state index >= 15 is 0 Å². The van der Waals surface area contributed by atoms with Gasteiger partial charge in [0.2, 0.25) is 0 Å². The molecule has 4 rings (SSSR count). The van der Waals surface area contributed by atoms with Crippen LogP contribution in [0.25, 0.3) is 5.52 Å². The second-order valence-corrected chi connectivity index (χ2v) is 9.83. The summed E-state index contributed by atoms with van der Waals surface area (Å²) in [7, 11) is 0. The van der Waals surface area contributed by atoms with Crippen molar-refractivity contribution >= 4 is 23.0 Å². The third-order valence-electron chi connectivity index (χ3n) is 6.44. The van der Waals surface area contributed by atoms with Crippen molar-refractivity contribution in [2.45, 2.75) is 39.8 Å². The van der Waals surface area contributed by atoms with Crippen molar-refractivity contribution in [1.29, 1.82) is 0 Å². The van der Waals surface area contributed by atoms with Gasteiger partial charge in [-0.05, 0) is 61.7 Å². The highest BCUT2D eigenvalue weighted by atomic mass is 35.5. The molecule has 9 heteroatoms. The molecule has 0 radical (unpaired) electrons. The Morgan fingerprint density at radius 1 is 1.14 bits per heavy atom. The molecule has 2 N–H and O–H groups in total. The first-order valence-electron chi connectivity index (χ1n) is 12.3. The Balaban J connectivity index is 1.94. The summed E-state index contributed by atoms with van der Waals surface area (Å²) >= 11 is 6.55. The average molecular weight is 524 g/mol. The van der Waals surface area contributed by atoms with E-state index in [2.05, 4.69) is 5.10 Å². The molecule has 7 nitrogen and oxygen atoms in total. The summed E-state index contributed by atoms with van der Waals surface area (Å²) in [4.78, 5) is 29.3. The van der Waals surface area contributed by atoms with E-state index in [0.29, 0.717) is 53.5 Å². The predicted octanol–water partition coefficient (Wildman–Crippen LogP) is 4.83. The molecule has 0 aliphatic heterocycles. The van der Waals surface area contributed by atoms with E-state index in [0.717, 1.165) is 5.56 Å². The molecule has 2 heterocycles. The molecule has 0 bridgehead atoms. The van der Waals surface area contributed by atoms with Crippen molar-refractivity contribution in [2.75, 3.05) is 13.1 Å². The number of nitrogens with two attached hydrogens (primary N) is 1. The van der Waals surface area contributed by atoms with Gasteiger partial charge in [-0.15, -0.1) is 0 Å². The minimum Gasteiger partial charge on any atom is -0.330 e. The van der Waals surface area contributed by atoms with E-state index < -0.39 is 11.9 Å². The van der Waals surface area contributed by atoms with Crippen molar-refractivity contribution in [2.24, 2.45) is 11.7 Å². The summed E-state index contributed by atoms with van der Waals surface area (Å²) in [6.07, 6.45) is 0.563. The van der Waals surface area contributed by atoms with Crippen LogP contribution in [0.4, 0.5) is 4.39 Å². The third kappa shape index (κ3) is 5.45. The van der Waals surface area contributed by atoms with E-state index in [1.54, 1.807) is 16.4 Å². The fraction of sp³-hybridized carbons (Fsp3) is 0.321. The molecule has 0 unspecified atom stereocenters. The molecule has 2 aromatic heterocycles. The number of aryl methyl sites for hydroxylation is 1. The number of benzene rings is 2. The molecule has 194 valence electrons. The second-order valence-electron chi connectivity index (χ2n) is 9.46. The van der Waals surface area contributed by atoms with E-state index in [-0.39, 0.29) is 17.5 Å². The van der Waals surface area contributed by atoms with Gasteiger partial charge in [-0.1, -0.05) is 55.8 Å². The van der Waals surface area contributed by atoms with E-state index in [1.165, 1.54) is 28.8 Å². The molecule has 0 aliphatic carbocycles. The van der Waals surface area contributed by atoms with Crippen LogP contribution in [0.15, 0.2) is 65.5 Å². The fourth-order valence-corrected chi connectivity index (χ4v) is 4.83. The Morgan fingerprint density at radius 3 is 2.43 bits per heavy atom. The molecule has 0 aliphatic rings. The van der Waals surface area contributed by atoms with Crippen molar-refractivity contribution in [3.8, 4) is 0 Å². The average Bonchev–Trinajstić information content (AvgIpc) is 3.17. The molecule has 0 spiro atoms. The summed E-state index contributed by atoms with van der Waals surface area (Å²) in [6, 6.07) is 16.5. The molecular formula is C28H31ClFN5O2. The molecular weight excluding hydrogens is 493 g/mol. The number of rotatable bonds is 9. The highest BCUT2D eigenvalue weighted by Crippen LogP contribution is 2.32. The van der Waals surface area contributed by atoms with Crippen LogP contribution in [0.1, 0.15) is 53.6 Å². The third-order valence-corrected chi connectivity index (χ3v) is 6.91. The number of halogens is 2. The van der Waals surface area contributed by atoms with Gasteiger partial charge in [0.1, 0.15) is 5.82 Å². The van der Waals surface area contributed by atoms with Crippen LogP contribution >= 0.6 is 11.6 Å². The molecule has 1 amide bonds. The van der Waals surface area contributed by atoms with Gasteiger partial charge in [-0.25, -0.2) is 9.18 Å². The maximum Gasteiger partial charge on any atom is 0.349 e. The van der Waals surface area contributed by atoms with Gasteiger partial charge >= 0.3 is 5.69 Å². The molecule has 2 aromatic carbocycles. The lowest BCUT2D eigenvalue weighted by Crippen LogP contribution is -2.42. The number of hydrogen-bond donors (Lipinski definition) is 1. The van der Waals surface area contributed by atoms with E-state index in [1.807, 2.05) is 50.2 Å². The molecule has 0 fully saturated rings. The Bertz CT molecular complexity index is 1450. The normalized spacial score (nSPS) is 12.3. The molecule has 4 aromatic rings. The Morgan fingerprint density at radius 2 is 1.81 bits per heavy atom. The Labute approximate surface area is 220 Å². The van der Waals surface area contributed by atoms with Crippen LogP contribution in [0.2, 0.25) is 5.02 Å². The lowest BCUT2D eigenvalue weighted by atomic mass is 9.96. The van der Waals surface area contributed by atoms with Crippen molar-refractivity contribution in [3.63, 3.8) is 0 Å².